The van der Waals surface area contributed by atoms with Crippen molar-refractivity contribution in [1.82, 2.24) is 14.8 Å². The Morgan fingerprint density at radius 1 is 1.06 bits per heavy atom. The van der Waals surface area contributed by atoms with Crippen LogP contribution < -0.4 is 9.47 Å². The van der Waals surface area contributed by atoms with Gasteiger partial charge in [-0.3, -0.25) is 14.7 Å². The van der Waals surface area contributed by atoms with Crippen molar-refractivity contribution < 1.29 is 18.8 Å². The third-order valence-electron chi connectivity index (χ3n) is 5.48. The van der Waals surface area contributed by atoms with Crippen molar-refractivity contribution in [3.05, 3.63) is 105 Å². The molecule has 0 aliphatic heterocycles. The van der Waals surface area contributed by atoms with Crippen LogP contribution in [0.15, 0.2) is 71.9 Å². The predicted molar refractivity (Wildman–Crippen MR) is 135 cm³/mol. The zero-order valence-electron chi connectivity index (χ0n) is 20.1. The highest BCUT2D eigenvalue weighted by atomic mass is 32.2. The molecule has 0 spiro atoms. The number of benzene rings is 3. The highest BCUT2D eigenvalue weighted by Gasteiger charge is 2.25. The second-order valence-electron chi connectivity index (χ2n) is 8.15. The monoisotopic (exact) mass is 508 g/mol. The molecule has 36 heavy (non-hydrogen) atoms. The molecule has 0 saturated carbocycles. The SMILES string of the molecule is COc1cc([C@H](C[N+](=O)[O-])Sc2nnc(C)n2-c2cccc(C)c2)ccc1OCc1ccc(F)cc1. The van der Waals surface area contributed by atoms with Crippen molar-refractivity contribution in [2.24, 2.45) is 0 Å². The number of ether oxygens (including phenoxy) is 2. The fourth-order valence-electron chi connectivity index (χ4n) is 3.70. The first kappa shape index (κ1) is 25.2. The standard InChI is InChI=1S/C26H25FN4O4S/c1-17-5-4-6-22(13-17)31-18(2)28-29-26(31)36-25(15-30(32)33)20-9-12-23(24(14-20)34-3)35-16-19-7-10-21(27)11-8-19/h4-14,25H,15-16H2,1-3H3/t25-/m0/s1. The van der Waals surface area contributed by atoms with Gasteiger partial charge < -0.3 is 9.47 Å². The summed E-state index contributed by atoms with van der Waals surface area (Å²) in [6, 6.07) is 19.2. The van der Waals surface area contributed by atoms with E-state index in [-0.39, 0.29) is 23.9 Å². The Bertz CT molecular complexity index is 1360. The largest absolute Gasteiger partial charge is 0.493 e. The van der Waals surface area contributed by atoms with E-state index in [1.165, 1.54) is 31.0 Å². The van der Waals surface area contributed by atoms with Gasteiger partial charge in [0, 0.05) is 10.6 Å². The molecule has 1 aromatic heterocycles. The zero-order chi connectivity index (χ0) is 25.7. The number of hydrogen-bond donors (Lipinski definition) is 0. The first-order valence-corrected chi connectivity index (χ1v) is 12.0. The summed E-state index contributed by atoms with van der Waals surface area (Å²) in [6.07, 6.45) is 0. The molecule has 4 rings (SSSR count). The van der Waals surface area contributed by atoms with Crippen LogP contribution in [0, 0.1) is 29.8 Å². The molecule has 0 fully saturated rings. The fourth-order valence-corrected chi connectivity index (χ4v) is 4.87. The number of thioether (sulfide) groups is 1. The number of halogens is 1. The minimum absolute atomic E-state index is 0.224. The highest BCUT2D eigenvalue weighted by molar-refractivity contribution is 7.99. The molecule has 0 radical (unpaired) electrons. The van der Waals surface area contributed by atoms with Gasteiger partial charge in [0.2, 0.25) is 6.54 Å². The second kappa shape index (κ2) is 11.2. The van der Waals surface area contributed by atoms with E-state index < -0.39 is 5.25 Å². The maximum absolute atomic E-state index is 13.2. The van der Waals surface area contributed by atoms with E-state index >= 15 is 0 Å². The third kappa shape index (κ3) is 6.01. The van der Waals surface area contributed by atoms with Gasteiger partial charge in [0.05, 0.1) is 7.11 Å². The number of aryl methyl sites for hydroxylation is 2. The molecule has 10 heteroatoms. The van der Waals surface area contributed by atoms with Crippen molar-refractivity contribution in [1.29, 1.82) is 0 Å². The molecule has 1 heterocycles. The van der Waals surface area contributed by atoms with E-state index in [9.17, 15) is 14.5 Å². The van der Waals surface area contributed by atoms with E-state index in [4.69, 9.17) is 9.47 Å². The van der Waals surface area contributed by atoms with E-state index in [1.807, 2.05) is 42.7 Å². The molecule has 0 unspecified atom stereocenters. The number of nitro groups is 1. The quantitative estimate of drug-likeness (QED) is 0.154. The summed E-state index contributed by atoms with van der Waals surface area (Å²) in [5, 5.41) is 20.1. The summed E-state index contributed by atoms with van der Waals surface area (Å²) < 4.78 is 26.4. The molecule has 0 aliphatic carbocycles. The van der Waals surface area contributed by atoms with Crippen LogP contribution in [0.1, 0.15) is 27.8 Å². The van der Waals surface area contributed by atoms with E-state index in [0.717, 1.165) is 16.8 Å². The summed E-state index contributed by atoms with van der Waals surface area (Å²) in [6.45, 7) is 3.75. The Balaban J connectivity index is 1.60. The number of nitrogens with zero attached hydrogens (tertiary/aromatic N) is 4. The van der Waals surface area contributed by atoms with Crippen LogP contribution in [0.25, 0.3) is 5.69 Å². The molecule has 186 valence electrons. The molecule has 0 saturated heterocycles. The molecule has 8 nitrogen and oxygen atoms in total. The first-order chi connectivity index (χ1) is 17.3. The number of rotatable bonds is 10. The van der Waals surface area contributed by atoms with E-state index in [1.54, 1.807) is 30.3 Å². The topological polar surface area (TPSA) is 92.3 Å². The lowest BCUT2D eigenvalue weighted by molar-refractivity contribution is -0.479. The zero-order valence-corrected chi connectivity index (χ0v) is 20.9. The molecule has 0 bridgehead atoms. The Labute approximate surface area is 212 Å². The summed E-state index contributed by atoms with van der Waals surface area (Å²) in [5.41, 5.74) is 3.47. The van der Waals surface area contributed by atoms with Gasteiger partial charge in [-0.25, -0.2) is 4.39 Å². The van der Waals surface area contributed by atoms with Crippen molar-refractivity contribution in [2.75, 3.05) is 13.7 Å². The van der Waals surface area contributed by atoms with E-state index in [2.05, 4.69) is 10.2 Å². The van der Waals surface area contributed by atoms with Crippen LogP contribution >= 0.6 is 11.8 Å². The fraction of sp³-hybridized carbons (Fsp3) is 0.231. The average Bonchev–Trinajstić information content (AvgIpc) is 3.22. The van der Waals surface area contributed by atoms with Gasteiger partial charge in [0.15, 0.2) is 16.7 Å². The molecule has 0 aliphatic rings. The summed E-state index contributed by atoms with van der Waals surface area (Å²) >= 11 is 1.27. The number of methoxy groups -OCH3 is 1. The van der Waals surface area contributed by atoms with Crippen LogP contribution in [0.2, 0.25) is 0 Å². The van der Waals surface area contributed by atoms with Gasteiger partial charge in [-0.15, -0.1) is 10.2 Å². The molecule has 4 aromatic rings. The molecule has 0 N–H and O–H groups in total. The molecule has 0 amide bonds. The maximum atomic E-state index is 13.2. The third-order valence-corrected chi connectivity index (χ3v) is 6.67. The van der Waals surface area contributed by atoms with Gasteiger partial charge in [0.1, 0.15) is 23.5 Å². The number of hydrogen-bond acceptors (Lipinski definition) is 7. The Kier molecular flexibility index (Phi) is 7.84. The van der Waals surface area contributed by atoms with Gasteiger partial charge in [-0.2, -0.15) is 0 Å². The normalized spacial score (nSPS) is 11.8. The maximum Gasteiger partial charge on any atom is 0.220 e. The Hall–Kier alpha value is -3.92. The Morgan fingerprint density at radius 2 is 1.83 bits per heavy atom. The van der Waals surface area contributed by atoms with Crippen molar-refractivity contribution in [3.8, 4) is 17.2 Å². The van der Waals surface area contributed by atoms with Gasteiger partial charge in [-0.05, 0) is 66.9 Å². The lowest BCUT2D eigenvalue weighted by Gasteiger charge is -2.17. The molecule has 1 atom stereocenters. The smallest absolute Gasteiger partial charge is 0.220 e. The predicted octanol–water partition coefficient (Wildman–Crippen LogP) is 5.72. The molecule has 3 aromatic carbocycles. The van der Waals surface area contributed by atoms with Crippen molar-refractivity contribution >= 4 is 11.8 Å². The van der Waals surface area contributed by atoms with Crippen LogP contribution in [-0.2, 0) is 6.61 Å². The van der Waals surface area contributed by atoms with Crippen LogP contribution in [0.4, 0.5) is 4.39 Å². The lowest BCUT2D eigenvalue weighted by atomic mass is 10.1. The van der Waals surface area contributed by atoms with Crippen LogP contribution in [0.3, 0.4) is 0 Å². The van der Waals surface area contributed by atoms with Gasteiger partial charge >= 0.3 is 0 Å². The van der Waals surface area contributed by atoms with Gasteiger partial charge in [-0.1, -0.05) is 42.1 Å². The van der Waals surface area contributed by atoms with E-state index in [0.29, 0.717) is 28.0 Å². The van der Waals surface area contributed by atoms with Crippen molar-refractivity contribution in [2.45, 2.75) is 30.9 Å². The minimum atomic E-state index is -0.549. The summed E-state index contributed by atoms with van der Waals surface area (Å²) in [7, 11) is 1.51. The first-order valence-electron chi connectivity index (χ1n) is 11.2. The molecular formula is C26H25FN4O4S. The lowest BCUT2D eigenvalue weighted by Crippen LogP contribution is -2.11. The van der Waals surface area contributed by atoms with Crippen molar-refractivity contribution in [3.63, 3.8) is 0 Å². The summed E-state index contributed by atoms with van der Waals surface area (Å²) in [5.74, 6) is 1.29. The average molecular weight is 509 g/mol. The van der Waals surface area contributed by atoms with Crippen LogP contribution in [0.5, 0.6) is 11.5 Å². The van der Waals surface area contributed by atoms with Crippen LogP contribution in [-0.4, -0.2) is 33.3 Å². The second-order valence-corrected chi connectivity index (χ2v) is 9.32. The van der Waals surface area contributed by atoms with Gasteiger partial charge in [0.25, 0.3) is 0 Å². The number of aromatic nitrogens is 3. The Morgan fingerprint density at radius 3 is 2.53 bits per heavy atom. The summed E-state index contributed by atoms with van der Waals surface area (Å²) in [4.78, 5) is 11.2. The minimum Gasteiger partial charge on any atom is -0.493 e. The molecular weight excluding hydrogens is 483 g/mol. The highest BCUT2D eigenvalue weighted by Crippen LogP contribution is 2.39.